The highest BCUT2D eigenvalue weighted by Crippen LogP contribution is 2.46. The van der Waals surface area contributed by atoms with E-state index in [1.54, 1.807) is 117 Å². The summed E-state index contributed by atoms with van der Waals surface area (Å²) in [6.45, 7) is 48.2. The minimum atomic E-state index is -3.08. The second-order valence-corrected chi connectivity index (χ2v) is 37.2. The summed E-state index contributed by atoms with van der Waals surface area (Å²) in [5.74, 6) is -3.34. The summed E-state index contributed by atoms with van der Waals surface area (Å²) in [6.07, 6.45) is 7.52. The molecular weight excluding hydrogens is 2020 g/mol. The average molecular weight is 2140 g/mol. The van der Waals surface area contributed by atoms with E-state index in [2.05, 4.69) is 52.3 Å². The van der Waals surface area contributed by atoms with Crippen molar-refractivity contribution in [3.05, 3.63) is 291 Å². The van der Waals surface area contributed by atoms with Crippen molar-refractivity contribution in [2.45, 2.75) is 211 Å². The fourth-order valence-corrected chi connectivity index (χ4v) is 17.7. The molecule has 5 fully saturated rings. The molecule has 149 heavy (non-hydrogen) atoms. The van der Waals surface area contributed by atoms with Crippen molar-refractivity contribution in [2.24, 2.45) is 17.4 Å². The first kappa shape index (κ1) is 125. The number of alkyl halides is 10. The number of amides is 2. The van der Waals surface area contributed by atoms with E-state index in [1.165, 1.54) is 0 Å². The number of likely N-dealkylation sites (tertiary alicyclic amines) is 4. The number of hydrogen-bond acceptors (Lipinski definition) is 22. The van der Waals surface area contributed by atoms with Gasteiger partial charge in [0.1, 0.15) is 34.2 Å². The van der Waals surface area contributed by atoms with Gasteiger partial charge in [-0.3, -0.25) is 21.5 Å². The van der Waals surface area contributed by atoms with E-state index >= 15 is 0 Å². The molecule has 5 aliphatic rings. The predicted molar refractivity (Wildman–Crippen MR) is 535 cm³/mol. The third-order valence-corrected chi connectivity index (χ3v) is 23.3. The Morgan fingerprint density at radius 1 is 0.436 bits per heavy atom. The largest absolute Gasteiger partial charge is 0.488 e. The molecule has 15 rings (SSSR count). The van der Waals surface area contributed by atoms with Crippen molar-refractivity contribution in [3.8, 4) is 34.1 Å². The van der Waals surface area contributed by atoms with Crippen LogP contribution in [0.2, 0.25) is 0 Å². The standard InChI is InChI=1S/C29H31F2N3O3.C19H21F2N3.C17H22BrF2N3O2.C12H11BO3.C12H15F2N3.C12H16F2N2.4CO2.H4N2/c1-6-25-26(32-5)24(20-12-14-23(15-13-20)36-22-10-8-7-9-11-22)18-34(25)21-16-29(30,31)19-33(17-21)27(35)37-28(2,3)4;1-3-18-17(22-2)9-10-24(18)16-11-19(20,21)14-23(13-16)12-15-7-5-4-6-8-15;1-6-13-14(21-5)12(18)9-23(13)11-7-17(19,20)10-22(8-11)15(24)25-16(2,3)4;14-13(15)10-6-8-12(9-7-10)16-11-4-2-1-3-5-11;1-3-11-10(15-2)4-5-17(11)9-6-12(13,14)8-16-7-9;13-12(14)6-11(15)8-16(9-12)7-10-4-2-1-3-5-10;4*2-1-3;1-2/h7-15,18,21H,6,16-17,19H2,1-4H3;4-10,16H,3,11-14H2,1H3;9,11H,6-8,10H2,1-4H3;1-9,14-15H;4-5,9,16H,3,6-8H2,1H3;1-5,11H,6-9,15H2;;;;;1-2H2/t21-;16-;11-;;9-;11-;;;;;/m111.11...../s1. The smallest absolute Gasteiger partial charge is 0.457 e. The van der Waals surface area contributed by atoms with Crippen molar-refractivity contribution in [3.63, 3.8) is 0 Å². The number of carbonyl (C=O) groups is 2. The Morgan fingerprint density at radius 2 is 0.772 bits per heavy atom. The van der Waals surface area contributed by atoms with Crippen LogP contribution in [0.15, 0.2) is 211 Å². The zero-order chi connectivity index (χ0) is 111. The number of hydrogen-bond donors (Lipinski definition) is 6. The lowest BCUT2D eigenvalue weighted by Crippen LogP contribution is -2.51. The first-order valence-electron chi connectivity index (χ1n) is 46.7. The van der Waals surface area contributed by atoms with Crippen LogP contribution < -0.4 is 37.7 Å². The molecule has 0 spiro atoms. The predicted octanol–water partition coefficient (Wildman–Crippen LogP) is 20.0. The van der Waals surface area contributed by atoms with Crippen LogP contribution in [0.4, 0.5) is 76.2 Å². The molecule has 6 aromatic carbocycles. The van der Waals surface area contributed by atoms with E-state index in [9.17, 15) is 53.5 Å². The molecule has 9 N–H and O–H groups in total. The van der Waals surface area contributed by atoms with Gasteiger partial charge in [-0.1, -0.05) is 165 Å². The van der Waals surface area contributed by atoms with Gasteiger partial charge in [-0.15, -0.1) is 0 Å². The number of nitrogens with zero attached hydrogens (tertiary/aromatic N) is 12. The fraction of sp³-hybridized carbons (Fsp3) is 0.410. The molecule has 0 bridgehead atoms. The number of para-hydroxylation sites is 2. The first-order valence-corrected chi connectivity index (χ1v) is 47.5. The Hall–Kier alpha value is -14.4. The van der Waals surface area contributed by atoms with Crippen LogP contribution in [0, 0.1) is 26.3 Å². The molecule has 5 aliphatic heterocycles. The summed E-state index contributed by atoms with van der Waals surface area (Å²) >= 11 is 3.32. The van der Waals surface area contributed by atoms with E-state index in [-0.39, 0.29) is 95.1 Å². The summed E-state index contributed by atoms with van der Waals surface area (Å²) < 4.78 is 170. The Kier molecular flexibility index (Phi) is 50.5. The quantitative estimate of drug-likeness (QED) is 0.0153. The lowest BCUT2D eigenvalue weighted by Gasteiger charge is -2.39. The van der Waals surface area contributed by atoms with Crippen molar-refractivity contribution in [2.75, 3.05) is 65.4 Å². The molecule has 9 heterocycles. The van der Waals surface area contributed by atoms with Gasteiger partial charge >= 0.3 is 43.9 Å². The molecule has 5 saturated heterocycles. The highest BCUT2D eigenvalue weighted by Gasteiger charge is 2.48. The topological polar surface area (TPSA) is 388 Å². The van der Waals surface area contributed by atoms with Crippen LogP contribution in [0.3, 0.4) is 0 Å². The molecule has 0 aliphatic carbocycles. The molecule has 2 amide bonds. The van der Waals surface area contributed by atoms with Crippen LogP contribution in [-0.2, 0) is 86.6 Å². The number of benzene rings is 6. The molecule has 10 aromatic rings. The monoisotopic (exact) mass is 2140 g/mol. The van der Waals surface area contributed by atoms with E-state index in [0.29, 0.717) is 125 Å². The number of nitrogens with two attached hydrogens (primary N) is 3. The minimum Gasteiger partial charge on any atom is -0.457 e. The third-order valence-electron chi connectivity index (χ3n) is 22.7. The van der Waals surface area contributed by atoms with Crippen LogP contribution in [0.25, 0.3) is 30.5 Å². The van der Waals surface area contributed by atoms with E-state index in [4.69, 9.17) is 99.4 Å². The number of halogens is 11. The molecular formula is C105H120BBrF10N16O16. The van der Waals surface area contributed by atoms with Gasteiger partial charge < -0.3 is 68.1 Å². The van der Waals surface area contributed by atoms with E-state index in [1.807, 2.05) is 187 Å². The molecule has 32 nitrogen and oxygen atoms in total. The van der Waals surface area contributed by atoms with Gasteiger partial charge in [-0.2, -0.15) is 38.4 Å². The van der Waals surface area contributed by atoms with Gasteiger partial charge in [0.25, 0.3) is 29.6 Å². The van der Waals surface area contributed by atoms with Gasteiger partial charge in [0, 0.05) is 129 Å². The Balaban J connectivity index is 0.000000313. The van der Waals surface area contributed by atoms with Crippen LogP contribution in [-0.4, -0.2) is 204 Å². The second-order valence-electron chi connectivity index (χ2n) is 36.4. The number of aromatic nitrogens is 4. The highest BCUT2D eigenvalue weighted by molar-refractivity contribution is 9.10. The van der Waals surface area contributed by atoms with Crippen molar-refractivity contribution < 1.29 is 121 Å². The van der Waals surface area contributed by atoms with Gasteiger partial charge in [-0.25, -0.2) is 72.9 Å². The Morgan fingerprint density at radius 3 is 1.13 bits per heavy atom. The summed E-state index contributed by atoms with van der Waals surface area (Å²) in [5.41, 5.74) is 13.1. The molecule has 4 aromatic heterocycles. The fourth-order valence-electron chi connectivity index (χ4n) is 17.2. The summed E-state index contributed by atoms with van der Waals surface area (Å²) in [6, 6.07) is 53.3. The van der Waals surface area contributed by atoms with Crippen LogP contribution in [0.1, 0.15) is 159 Å². The van der Waals surface area contributed by atoms with Gasteiger partial charge in [0.15, 0.2) is 0 Å². The summed E-state index contributed by atoms with van der Waals surface area (Å²) in [7, 11) is -1.44. The third kappa shape index (κ3) is 41.0. The summed E-state index contributed by atoms with van der Waals surface area (Å²) in [4.78, 5) is 110. The average Bonchev–Trinajstić information content (AvgIpc) is 1.57. The molecule has 796 valence electrons. The van der Waals surface area contributed by atoms with Gasteiger partial charge in [0.05, 0.1) is 83.2 Å². The maximum atomic E-state index is 14.8. The maximum Gasteiger partial charge on any atom is 0.488 e. The number of hydrazine groups is 1. The van der Waals surface area contributed by atoms with Gasteiger partial charge in [0.2, 0.25) is 22.7 Å². The van der Waals surface area contributed by atoms with Gasteiger partial charge in [-0.05, 0) is 162 Å². The number of nitrogens with one attached hydrogen (secondary N) is 1. The lowest BCUT2D eigenvalue weighted by molar-refractivity contribution is -0.193. The number of piperidine rings is 5. The number of rotatable bonds is 18. The van der Waals surface area contributed by atoms with Crippen molar-refractivity contribution in [1.29, 1.82) is 0 Å². The first-order chi connectivity index (χ1) is 70.5. The van der Waals surface area contributed by atoms with Crippen LogP contribution in [0.5, 0.6) is 23.0 Å². The number of carbonyl (C=O) groups excluding carboxylic acids is 10. The zero-order valence-electron chi connectivity index (χ0n) is 83.8. The lowest BCUT2D eigenvalue weighted by atomic mass is 9.80. The SMILES string of the molecule is NN.N[C@H]1CN(Cc2ccccc2)CC(F)(F)C1.O=C=O.O=C=O.O=C=O.O=C=O.OB(O)c1ccc(Oc2ccccc2)cc1.[C-]#[N+]c1c(-c2ccc(Oc3ccccc3)cc2)cn([C@H]2CN(C(=O)OC(C)(C)C)CC(F)(F)C2)c1CC.[C-]#[N+]c1c(Br)cn([C@H]2CN(C(=O)OC(C)(C)C)CC(F)(F)C2)c1CC.[C-]#[N+]c1ccn([C@H]2CN(Cc3ccccc3)CC(F)(F)C2)c1CC.[C-]#[N+]c1ccn([C@H]2CNCC(F)(F)C2)c1CC. The van der Waals surface area contributed by atoms with E-state index < -0.39 is 97.8 Å². The molecule has 0 unspecified atom stereocenters. The normalized spacial score (nSPS) is 17.7. The van der Waals surface area contributed by atoms with Crippen molar-refractivity contribution in [1.82, 2.24) is 43.2 Å². The van der Waals surface area contributed by atoms with Crippen molar-refractivity contribution >= 4 is 88.1 Å². The second kappa shape index (κ2) is 60.2. The molecule has 0 saturated carbocycles. The van der Waals surface area contributed by atoms with E-state index in [0.717, 1.165) is 43.6 Å². The summed E-state index contributed by atoms with van der Waals surface area (Å²) in [5, 5.41) is 20.6. The number of ether oxygens (including phenoxy) is 4. The molecule has 44 heteroatoms. The molecule has 0 radical (unpaired) electrons. The minimum absolute atomic E-state index is 0.0763. The zero-order valence-corrected chi connectivity index (χ0v) is 85.4. The molecule has 5 atom stereocenters. The Bertz CT molecular complexity index is 6120. The Labute approximate surface area is 866 Å². The van der Waals surface area contributed by atoms with Crippen LogP contribution >= 0.6 is 15.9 Å². The maximum absolute atomic E-state index is 14.8. The highest BCUT2D eigenvalue weighted by atomic mass is 79.9.